The van der Waals surface area contributed by atoms with Gasteiger partial charge in [-0.05, 0) is 41.5 Å². The Morgan fingerprint density at radius 2 is 1.48 bits per heavy atom. The minimum absolute atomic E-state index is 0.268. The first-order valence-corrected chi connectivity index (χ1v) is 7.13. The average Bonchev–Trinajstić information content (AvgIpc) is 2.48. The molecule has 103 valence electrons. The zero-order valence-corrected chi connectivity index (χ0v) is 12.4. The van der Waals surface area contributed by atoms with Crippen LogP contribution in [0.3, 0.4) is 0 Å². The predicted molar refractivity (Wildman–Crippen MR) is 86.1 cm³/mol. The van der Waals surface area contributed by atoms with Crippen LogP contribution in [0.1, 0.15) is 0 Å². The van der Waals surface area contributed by atoms with Crippen molar-refractivity contribution in [2.24, 2.45) is 0 Å². The lowest BCUT2D eigenvalue weighted by molar-refractivity contribution is 0.628. The molecule has 0 heterocycles. The maximum Gasteiger partial charge on any atom is 0.123 e. The summed E-state index contributed by atoms with van der Waals surface area (Å²) in [7, 11) is 0. The Morgan fingerprint density at radius 3 is 2.14 bits per heavy atom. The number of halogens is 3. The van der Waals surface area contributed by atoms with Crippen molar-refractivity contribution in [3.05, 3.63) is 82.6 Å². The molecule has 0 bridgehead atoms. The lowest BCUT2D eigenvalue weighted by Crippen LogP contribution is -1.88. The monoisotopic (exact) mass is 315 g/mol. The van der Waals surface area contributed by atoms with Crippen LogP contribution < -0.4 is 0 Å². The smallest absolute Gasteiger partial charge is 0.123 e. The summed E-state index contributed by atoms with van der Waals surface area (Å²) in [6.45, 7) is 0. The van der Waals surface area contributed by atoms with Gasteiger partial charge in [-0.15, -0.1) is 0 Å². The average molecular weight is 316 g/mol. The highest BCUT2D eigenvalue weighted by Crippen LogP contribution is 2.39. The van der Waals surface area contributed by atoms with Crippen LogP contribution in [0.15, 0.2) is 60.7 Å². The molecule has 3 heteroatoms. The lowest BCUT2D eigenvalue weighted by Gasteiger charge is -2.12. The van der Waals surface area contributed by atoms with E-state index in [1.807, 2.05) is 18.2 Å². The quantitative estimate of drug-likeness (QED) is 0.523. The molecule has 0 aliphatic heterocycles. The van der Waals surface area contributed by atoms with Crippen molar-refractivity contribution in [3.63, 3.8) is 0 Å². The Labute approximate surface area is 132 Å². The topological polar surface area (TPSA) is 0 Å². The molecular weight excluding hydrogens is 306 g/mol. The molecule has 3 aromatic rings. The summed E-state index contributed by atoms with van der Waals surface area (Å²) in [6.07, 6.45) is 0. The fourth-order valence-corrected chi connectivity index (χ4v) is 2.84. The summed E-state index contributed by atoms with van der Waals surface area (Å²) in [5.41, 5.74) is 3.34. The molecule has 3 rings (SSSR count). The molecule has 3 aromatic carbocycles. The second-order valence-corrected chi connectivity index (χ2v) is 5.38. The second kappa shape index (κ2) is 5.88. The number of hydrogen-bond donors (Lipinski definition) is 0. The van der Waals surface area contributed by atoms with Gasteiger partial charge in [-0.1, -0.05) is 59.6 Å². The van der Waals surface area contributed by atoms with Gasteiger partial charge in [0.2, 0.25) is 0 Å². The van der Waals surface area contributed by atoms with E-state index < -0.39 is 0 Å². The van der Waals surface area contributed by atoms with Crippen molar-refractivity contribution in [3.8, 4) is 22.3 Å². The molecular formula is C18H10Cl2F. The normalized spacial score (nSPS) is 10.6. The molecule has 21 heavy (non-hydrogen) atoms. The van der Waals surface area contributed by atoms with Gasteiger partial charge in [-0.25, -0.2) is 4.39 Å². The minimum Gasteiger partial charge on any atom is -0.207 e. The van der Waals surface area contributed by atoms with Gasteiger partial charge in [-0.3, -0.25) is 0 Å². The molecule has 0 atom stereocenters. The van der Waals surface area contributed by atoms with E-state index in [-0.39, 0.29) is 5.82 Å². The Morgan fingerprint density at radius 1 is 0.810 bits per heavy atom. The highest BCUT2D eigenvalue weighted by molar-refractivity contribution is 6.39. The van der Waals surface area contributed by atoms with E-state index >= 15 is 0 Å². The molecule has 0 aliphatic carbocycles. The Kier molecular flexibility index (Phi) is 3.96. The molecule has 0 saturated carbocycles. The maximum absolute atomic E-state index is 13.1. The summed E-state index contributed by atoms with van der Waals surface area (Å²) in [5.74, 6) is -0.268. The van der Waals surface area contributed by atoms with Crippen molar-refractivity contribution in [2.75, 3.05) is 0 Å². The minimum atomic E-state index is -0.268. The highest BCUT2D eigenvalue weighted by Gasteiger charge is 2.13. The summed E-state index contributed by atoms with van der Waals surface area (Å²) >= 11 is 12.6. The molecule has 1 radical (unpaired) electrons. The summed E-state index contributed by atoms with van der Waals surface area (Å²) in [6, 6.07) is 20.5. The van der Waals surface area contributed by atoms with Crippen molar-refractivity contribution in [1.29, 1.82) is 0 Å². The molecule has 0 N–H and O–H groups in total. The maximum atomic E-state index is 13.1. The first-order valence-electron chi connectivity index (χ1n) is 6.38. The zero-order valence-electron chi connectivity index (χ0n) is 10.9. The Hall–Kier alpha value is -1.83. The van der Waals surface area contributed by atoms with Gasteiger partial charge in [0, 0.05) is 21.2 Å². The van der Waals surface area contributed by atoms with E-state index in [1.54, 1.807) is 30.3 Å². The largest absolute Gasteiger partial charge is 0.207 e. The molecule has 0 nitrogen and oxygen atoms in total. The van der Waals surface area contributed by atoms with Crippen LogP contribution in [0.2, 0.25) is 10.0 Å². The van der Waals surface area contributed by atoms with Crippen molar-refractivity contribution in [2.45, 2.75) is 0 Å². The zero-order chi connectivity index (χ0) is 14.8. The molecule has 0 aromatic heterocycles. The van der Waals surface area contributed by atoms with E-state index in [2.05, 4.69) is 6.07 Å². The number of benzene rings is 3. The van der Waals surface area contributed by atoms with Crippen molar-refractivity contribution in [1.82, 2.24) is 0 Å². The van der Waals surface area contributed by atoms with E-state index in [1.165, 1.54) is 12.1 Å². The fraction of sp³-hybridized carbons (Fsp3) is 0. The third-order valence-corrected chi connectivity index (χ3v) is 3.85. The van der Waals surface area contributed by atoms with Gasteiger partial charge < -0.3 is 0 Å². The summed E-state index contributed by atoms with van der Waals surface area (Å²) in [5, 5.41) is 1.13. The first-order chi connectivity index (χ1) is 10.2. The molecule has 0 spiro atoms. The van der Waals surface area contributed by atoms with Gasteiger partial charge in [0.25, 0.3) is 0 Å². The number of rotatable bonds is 2. The van der Waals surface area contributed by atoms with Gasteiger partial charge >= 0.3 is 0 Å². The number of hydrogen-bond acceptors (Lipinski definition) is 0. The molecule has 0 unspecified atom stereocenters. The van der Waals surface area contributed by atoms with Crippen LogP contribution >= 0.6 is 23.2 Å². The third-order valence-electron chi connectivity index (χ3n) is 3.22. The van der Waals surface area contributed by atoms with Crippen LogP contribution in [-0.2, 0) is 0 Å². The van der Waals surface area contributed by atoms with E-state index in [9.17, 15) is 4.39 Å². The SMILES string of the molecule is Fc1ccc(-c2ccc[c]c2-c2c(Cl)cccc2Cl)cc1. The molecule has 0 amide bonds. The van der Waals surface area contributed by atoms with E-state index in [0.29, 0.717) is 10.0 Å². The van der Waals surface area contributed by atoms with Gasteiger partial charge in [0.15, 0.2) is 0 Å². The Bertz CT molecular complexity index is 759. The van der Waals surface area contributed by atoms with Crippen LogP contribution in [0.5, 0.6) is 0 Å². The standard InChI is InChI=1S/C18H10Cl2F/c19-16-6-3-7-17(20)18(16)15-5-2-1-4-14(15)12-8-10-13(21)11-9-12/h1-4,6-11H. The predicted octanol–water partition coefficient (Wildman–Crippen LogP) is 6.27. The van der Waals surface area contributed by atoms with Crippen LogP contribution in [0.4, 0.5) is 4.39 Å². The van der Waals surface area contributed by atoms with Crippen LogP contribution in [0, 0.1) is 11.9 Å². The molecule has 0 saturated heterocycles. The van der Waals surface area contributed by atoms with Crippen molar-refractivity contribution >= 4 is 23.2 Å². The second-order valence-electron chi connectivity index (χ2n) is 4.56. The lowest BCUT2D eigenvalue weighted by atomic mass is 9.94. The first kappa shape index (κ1) is 14.1. The van der Waals surface area contributed by atoms with Crippen LogP contribution in [0.25, 0.3) is 22.3 Å². The molecule has 0 fully saturated rings. The van der Waals surface area contributed by atoms with E-state index in [0.717, 1.165) is 22.3 Å². The van der Waals surface area contributed by atoms with Crippen LogP contribution in [-0.4, -0.2) is 0 Å². The van der Waals surface area contributed by atoms with Gasteiger partial charge in [-0.2, -0.15) is 0 Å². The summed E-state index contributed by atoms with van der Waals surface area (Å²) in [4.78, 5) is 0. The fourth-order valence-electron chi connectivity index (χ4n) is 2.25. The van der Waals surface area contributed by atoms with Crippen molar-refractivity contribution < 1.29 is 4.39 Å². The van der Waals surface area contributed by atoms with E-state index in [4.69, 9.17) is 23.2 Å². The Balaban J connectivity index is 2.23. The molecule has 0 aliphatic rings. The highest BCUT2D eigenvalue weighted by atomic mass is 35.5. The van der Waals surface area contributed by atoms with Gasteiger partial charge in [0.05, 0.1) is 0 Å². The third kappa shape index (κ3) is 2.80. The van der Waals surface area contributed by atoms with Gasteiger partial charge in [0.1, 0.15) is 5.82 Å². The summed E-state index contributed by atoms with van der Waals surface area (Å²) < 4.78 is 13.1.